The van der Waals surface area contributed by atoms with Gasteiger partial charge in [-0.2, -0.15) is 13.2 Å². The molecule has 1 fully saturated rings. The highest BCUT2D eigenvalue weighted by Crippen LogP contribution is 2.40. The third-order valence-corrected chi connectivity index (χ3v) is 7.20. The molecule has 42 heavy (non-hydrogen) atoms. The van der Waals surface area contributed by atoms with Crippen molar-refractivity contribution in [3.63, 3.8) is 0 Å². The van der Waals surface area contributed by atoms with Crippen molar-refractivity contribution in [2.45, 2.75) is 32.0 Å². The Morgan fingerprint density at radius 1 is 1.17 bits per heavy atom. The van der Waals surface area contributed by atoms with E-state index in [1.807, 2.05) is 34.5 Å². The average Bonchev–Trinajstić information content (AvgIpc) is 3.12. The Hall–Kier alpha value is -4.13. The number of rotatable bonds is 7. The summed E-state index contributed by atoms with van der Waals surface area (Å²) in [5, 5.41) is 2.70. The molecule has 0 aliphatic carbocycles. The number of alkyl halides is 3. The number of likely N-dealkylation sites (tertiary alicyclic amines) is 1. The number of hydrogen-bond donors (Lipinski definition) is 1. The molecule has 0 radical (unpaired) electrons. The van der Waals surface area contributed by atoms with Gasteiger partial charge < -0.3 is 23.8 Å². The molecule has 3 aromatic rings. The zero-order valence-corrected chi connectivity index (χ0v) is 23.5. The molecule has 5 rings (SSSR count). The van der Waals surface area contributed by atoms with Gasteiger partial charge in [-0.05, 0) is 57.1 Å². The zero-order chi connectivity index (χ0) is 29.9. The second-order valence-corrected chi connectivity index (χ2v) is 10.7. The molecule has 0 spiro atoms. The van der Waals surface area contributed by atoms with Crippen molar-refractivity contribution in [3.8, 4) is 11.5 Å². The molecule has 1 N–H and O–H groups in total. The molecule has 10 nitrogen and oxygen atoms in total. The SMILES string of the molecule is CN(C)C/C=C/C(=O)N1CCCC[C@@H](Cn2c(NC(=O)c3ccnc(C(F)(F)F)c3)nc3ccc4c(c32)OCCO4)C1. The van der Waals surface area contributed by atoms with Crippen LogP contribution in [0.4, 0.5) is 19.1 Å². The van der Waals surface area contributed by atoms with E-state index in [0.29, 0.717) is 68.0 Å². The highest BCUT2D eigenvalue weighted by Gasteiger charge is 2.33. The molecular weight excluding hydrogens is 553 g/mol. The number of imidazole rings is 1. The van der Waals surface area contributed by atoms with Gasteiger partial charge in [-0.15, -0.1) is 0 Å². The van der Waals surface area contributed by atoms with Gasteiger partial charge in [-0.1, -0.05) is 12.5 Å². The van der Waals surface area contributed by atoms with Crippen LogP contribution >= 0.6 is 0 Å². The van der Waals surface area contributed by atoms with Gasteiger partial charge in [0.05, 0.1) is 5.52 Å². The first-order valence-corrected chi connectivity index (χ1v) is 13.8. The molecule has 224 valence electrons. The monoisotopic (exact) mass is 586 g/mol. The lowest BCUT2D eigenvalue weighted by atomic mass is 10.0. The number of hydrogen-bond acceptors (Lipinski definition) is 7. The zero-order valence-electron chi connectivity index (χ0n) is 23.5. The minimum absolute atomic E-state index is 0.0184. The summed E-state index contributed by atoms with van der Waals surface area (Å²) in [4.78, 5) is 37.9. The van der Waals surface area contributed by atoms with Crippen LogP contribution in [0.15, 0.2) is 42.6 Å². The maximum atomic E-state index is 13.2. The lowest BCUT2D eigenvalue weighted by molar-refractivity contribution is -0.141. The summed E-state index contributed by atoms with van der Waals surface area (Å²) in [5.74, 6) is 0.402. The van der Waals surface area contributed by atoms with Gasteiger partial charge in [0.15, 0.2) is 11.5 Å². The molecule has 1 saturated heterocycles. The summed E-state index contributed by atoms with van der Waals surface area (Å²) < 4.78 is 53.3. The van der Waals surface area contributed by atoms with E-state index in [4.69, 9.17) is 9.47 Å². The number of nitrogens with zero attached hydrogens (tertiary/aromatic N) is 5. The standard InChI is InChI=1S/C29H33F3N6O4/c1-36(2)12-5-7-24(39)37-13-4-3-6-19(17-37)18-38-25-21(8-9-22-26(25)42-15-14-41-22)34-28(38)35-27(40)20-10-11-33-23(16-20)29(30,31)32/h5,7-11,16,19H,3-4,6,12-15,17-18H2,1-2H3,(H,34,35,40)/b7-5+/t19-/m1/s1. The number of carbonyl (C=O) groups is 2. The molecule has 0 unspecified atom stereocenters. The van der Waals surface area contributed by atoms with E-state index >= 15 is 0 Å². The number of carbonyl (C=O) groups excluding carboxylic acids is 2. The van der Waals surface area contributed by atoms with Gasteiger partial charge >= 0.3 is 6.18 Å². The van der Waals surface area contributed by atoms with Crippen LogP contribution in [-0.2, 0) is 17.5 Å². The first-order valence-electron chi connectivity index (χ1n) is 13.8. The third kappa shape index (κ3) is 6.67. The predicted molar refractivity (Wildman–Crippen MR) is 150 cm³/mol. The quantitative estimate of drug-likeness (QED) is 0.414. The number of amides is 2. The molecule has 4 heterocycles. The highest BCUT2D eigenvalue weighted by atomic mass is 19.4. The fourth-order valence-corrected chi connectivity index (χ4v) is 5.20. The summed E-state index contributed by atoms with van der Waals surface area (Å²) in [6.45, 7) is 2.92. The lowest BCUT2D eigenvalue weighted by Gasteiger charge is -2.25. The van der Waals surface area contributed by atoms with E-state index in [0.717, 1.165) is 25.5 Å². The first-order chi connectivity index (χ1) is 20.1. The molecule has 2 amide bonds. The number of anilines is 1. The van der Waals surface area contributed by atoms with Crippen molar-refractivity contribution in [2.75, 3.05) is 52.3 Å². The van der Waals surface area contributed by atoms with Crippen molar-refractivity contribution < 1.29 is 32.2 Å². The summed E-state index contributed by atoms with van der Waals surface area (Å²) >= 11 is 0. The van der Waals surface area contributed by atoms with Crippen molar-refractivity contribution >= 4 is 28.8 Å². The Balaban J connectivity index is 1.46. The van der Waals surface area contributed by atoms with Crippen LogP contribution in [0.2, 0.25) is 0 Å². The van der Waals surface area contributed by atoms with Crippen LogP contribution < -0.4 is 14.8 Å². The Labute approximate surface area is 241 Å². The van der Waals surface area contributed by atoms with Crippen LogP contribution in [-0.4, -0.2) is 83.1 Å². The van der Waals surface area contributed by atoms with E-state index < -0.39 is 17.8 Å². The number of ether oxygens (including phenoxy) is 2. The van der Waals surface area contributed by atoms with Crippen LogP contribution in [0.3, 0.4) is 0 Å². The number of nitrogens with one attached hydrogen (secondary N) is 1. The summed E-state index contributed by atoms with van der Waals surface area (Å²) in [6.07, 6.45) is 2.33. The summed E-state index contributed by atoms with van der Waals surface area (Å²) in [5.41, 5.74) is -0.214. The number of halogens is 3. The molecular formula is C29H33F3N6O4. The van der Waals surface area contributed by atoms with Gasteiger partial charge in [0, 0.05) is 44.0 Å². The smallest absolute Gasteiger partial charge is 0.433 e. The van der Waals surface area contributed by atoms with Crippen molar-refractivity contribution in [1.82, 2.24) is 24.3 Å². The first kappa shape index (κ1) is 29.4. The number of likely N-dealkylation sites (N-methyl/N-ethyl adjacent to an activating group) is 1. The number of aromatic nitrogens is 3. The van der Waals surface area contributed by atoms with E-state index in [-0.39, 0.29) is 23.3 Å². The maximum Gasteiger partial charge on any atom is 0.433 e. The van der Waals surface area contributed by atoms with E-state index in [1.165, 1.54) is 6.07 Å². The van der Waals surface area contributed by atoms with E-state index in [1.54, 1.807) is 18.2 Å². The molecule has 1 atom stereocenters. The Morgan fingerprint density at radius 2 is 1.98 bits per heavy atom. The minimum atomic E-state index is -4.69. The minimum Gasteiger partial charge on any atom is -0.486 e. The molecule has 0 bridgehead atoms. The fourth-order valence-electron chi connectivity index (χ4n) is 5.20. The highest BCUT2D eigenvalue weighted by molar-refractivity contribution is 6.04. The molecule has 2 aromatic heterocycles. The van der Waals surface area contributed by atoms with E-state index in [2.05, 4.69) is 15.3 Å². The molecule has 2 aliphatic heterocycles. The van der Waals surface area contributed by atoms with Crippen molar-refractivity contribution in [3.05, 3.63) is 53.9 Å². The average molecular weight is 587 g/mol. The number of benzene rings is 1. The van der Waals surface area contributed by atoms with Crippen LogP contribution in [0.1, 0.15) is 35.3 Å². The maximum absolute atomic E-state index is 13.2. The largest absolute Gasteiger partial charge is 0.486 e. The van der Waals surface area contributed by atoms with Gasteiger partial charge in [-0.3, -0.25) is 19.9 Å². The normalized spacial score (nSPS) is 17.6. The van der Waals surface area contributed by atoms with Crippen LogP contribution in [0.25, 0.3) is 11.0 Å². The lowest BCUT2D eigenvalue weighted by Crippen LogP contribution is -2.35. The number of fused-ring (bicyclic) bond motifs is 3. The molecule has 0 saturated carbocycles. The second-order valence-electron chi connectivity index (χ2n) is 10.7. The molecule has 2 aliphatic rings. The van der Waals surface area contributed by atoms with Crippen molar-refractivity contribution in [2.24, 2.45) is 5.92 Å². The Morgan fingerprint density at radius 3 is 2.76 bits per heavy atom. The third-order valence-electron chi connectivity index (χ3n) is 7.20. The number of pyridine rings is 1. The summed E-state index contributed by atoms with van der Waals surface area (Å²) in [7, 11) is 3.86. The van der Waals surface area contributed by atoms with Gasteiger partial charge in [0.1, 0.15) is 24.4 Å². The van der Waals surface area contributed by atoms with Gasteiger partial charge in [0.2, 0.25) is 11.9 Å². The predicted octanol–water partition coefficient (Wildman–Crippen LogP) is 4.22. The van der Waals surface area contributed by atoms with Crippen LogP contribution in [0, 0.1) is 5.92 Å². The fraction of sp³-hybridized carbons (Fsp3) is 0.448. The van der Waals surface area contributed by atoms with Crippen molar-refractivity contribution in [1.29, 1.82) is 0 Å². The topological polar surface area (TPSA) is 102 Å². The molecule has 13 heteroatoms. The molecule has 1 aromatic carbocycles. The van der Waals surface area contributed by atoms with Crippen LogP contribution in [0.5, 0.6) is 11.5 Å². The van der Waals surface area contributed by atoms with Gasteiger partial charge in [0.25, 0.3) is 5.91 Å². The van der Waals surface area contributed by atoms with Gasteiger partial charge in [-0.25, -0.2) is 4.98 Å². The summed E-state index contributed by atoms with van der Waals surface area (Å²) in [6, 6.07) is 5.42. The Bertz CT molecular complexity index is 1490. The Kier molecular flexibility index (Phi) is 8.66. The second kappa shape index (κ2) is 12.4. The van der Waals surface area contributed by atoms with E-state index in [9.17, 15) is 22.8 Å².